The molecule has 0 amide bonds. The average molecular weight is 344 g/mol. The summed E-state index contributed by atoms with van der Waals surface area (Å²) < 4.78 is 59.7. The van der Waals surface area contributed by atoms with Gasteiger partial charge in [0.05, 0.1) is 12.3 Å². The Hall–Kier alpha value is -1.03. The van der Waals surface area contributed by atoms with Gasteiger partial charge in [0.2, 0.25) is 0 Å². The molecule has 1 rings (SSSR count). The summed E-state index contributed by atoms with van der Waals surface area (Å²) in [5.74, 6) is 0.482. The summed E-state index contributed by atoms with van der Waals surface area (Å²) in [4.78, 5) is 5.30. The van der Waals surface area contributed by atoms with Crippen LogP contribution in [-0.4, -0.2) is 76.2 Å². The molecule has 1 unspecified atom stereocenters. The van der Waals surface area contributed by atoms with Crippen molar-refractivity contribution in [3.8, 4) is 0 Å². The van der Waals surface area contributed by atoms with Crippen LogP contribution < -0.4 is 10.6 Å². The second-order valence-corrected chi connectivity index (χ2v) is 7.69. The minimum absolute atomic E-state index is 0.00490. The number of guanidine groups is 1. The van der Waals surface area contributed by atoms with E-state index in [1.54, 1.807) is 6.92 Å². The molecule has 22 heavy (non-hydrogen) atoms. The highest BCUT2D eigenvalue weighted by atomic mass is 32.2. The fourth-order valence-electron chi connectivity index (χ4n) is 2.20. The largest absolute Gasteiger partial charge is 0.401 e. The topological polar surface area (TPSA) is 73.8 Å². The average Bonchev–Trinajstić information content (AvgIpc) is 2.82. The number of alkyl halides is 3. The number of nitrogens with one attached hydrogen (secondary N) is 2. The highest BCUT2D eigenvalue weighted by Crippen LogP contribution is 2.19. The summed E-state index contributed by atoms with van der Waals surface area (Å²) in [6, 6.07) is -0.128. The Morgan fingerprint density at radius 3 is 2.64 bits per heavy atom. The molecule has 130 valence electrons. The van der Waals surface area contributed by atoms with Gasteiger partial charge in [-0.3, -0.25) is 9.89 Å². The first-order valence-corrected chi connectivity index (χ1v) is 8.94. The Balaban J connectivity index is 2.36. The van der Waals surface area contributed by atoms with E-state index in [4.69, 9.17) is 0 Å². The van der Waals surface area contributed by atoms with E-state index in [1.807, 2.05) is 0 Å². The van der Waals surface area contributed by atoms with Crippen LogP contribution in [0.3, 0.4) is 0 Å². The van der Waals surface area contributed by atoms with Crippen molar-refractivity contribution in [2.45, 2.75) is 25.6 Å². The molecule has 0 aromatic carbocycles. The van der Waals surface area contributed by atoms with Crippen LogP contribution in [0.25, 0.3) is 0 Å². The quantitative estimate of drug-likeness (QED) is 0.533. The van der Waals surface area contributed by atoms with Gasteiger partial charge in [-0.1, -0.05) is 6.92 Å². The molecule has 0 bridgehead atoms. The van der Waals surface area contributed by atoms with Crippen molar-refractivity contribution in [1.29, 1.82) is 0 Å². The summed E-state index contributed by atoms with van der Waals surface area (Å²) in [5, 5.41) is 5.89. The summed E-state index contributed by atoms with van der Waals surface area (Å²) in [5.41, 5.74) is 0. The van der Waals surface area contributed by atoms with Gasteiger partial charge in [0.25, 0.3) is 0 Å². The van der Waals surface area contributed by atoms with Gasteiger partial charge < -0.3 is 10.6 Å². The predicted octanol–water partition coefficient (Wildman–Crippen LogP) is 0.223. The molecular weight excluding hydrogens is 321 g/mol. The highest BCUT2D eigenvalue weighted by molar-refractivity contribution is 7.91. The lowest BCUT2D eigenvalue weighted by Crippen LogP contribution is -2.46. The fourth-order valence-corrected chi connectivity index (χ4v) is 2.91. The smallest absolute Gasteiger partial charge is 0.355 e. The Kier molecular flexibility index (Phi) is 6.92. The standard InChI is InChI=1S/C12H23F3N4O2S/c1-3-22(20,21)7-5-17-11(16-2)18-10-4-6-19(8-10)9-12(13,14)15/h10H,3-9H2,1-2H3,(H2,16,17,18). The number of sulfone groups is 1. The molecule has 0 saturated carbocycles. The number of nitrogens with zero attached hydrogens (tertiary/aromatic N) is 2. The molecule has 1 heterocycles. The minimum atomic E-state index is -4.19. The lowest BCUT2D eigenvalue weighted by molar-refractivity contribution is -0.143. The number of rotatable bonds is 6. The summed E-state index contributed by atoms with van der Waals surface area (Å²) >= 11 is 0. The first kappa shape index (κ1) is 19.0. The molecule has 0 aromatic rings. The van der Waals surface area contributed by atoms with Crippen molar-refractivity contribution in [1.82, 2.24) is 15.5 Å². The van der Waals surface area contributed by atoms with Gasteiger partial charge in [-0.15, -0.1) is 0 Å². The van der Waals surface area contributed by atoms with Crippen molar-refractivity contribution in [3.05, 3.63) is 0 Å². The maximum absolute atomic E-state index is 12.3. The van der Waals surface area contributed by atoms with Crippen LogP contribution >= 0.6 is 0 Å². The third-order valence-corrected chi connectivity index (χ3v) is 5.09. The van der Waals surface area contributed by atoms with Crippen LogP contribution in [0.2, 0.25) is 0 Å². The van der Waals surface area contributed by atoms with Gasteiger partial charge in [-0.05, 0) is 6.42 Å². The molecule has 10 heteroatoms. The Labute approximate surface area is 129 Å². The number of hydrogen-bond donors (Lipinski definition) is 2. The van der Waals surface area contributed by atoms with E-state index in [0.29, 0.717) is 18.9 Å². The number of aliphatic imine (C=N–C) groups is 1. The maximum Gasteiger partial charge on any atom is 0.401 e. The SMILES string of the molecule is CCS(=O)(=O)CCNC(=NC)NC1CCN(CC(F)(F)F)C1. The van der Waals surface area contributed by atoms with Gasteiger partial charge in [0.1, 0.15) is 0 Å². The normalized spacial score (nSPS) is 21.1. The Morgan fingerprint density at radius 1 is 1.41 bits per heavy atom. The van der Waals surface area contributed by atoms with E-state index in [1.165, 1.54) is 11.9 Å². The first-order valence-electron chi connectivity index (χ1n) is 7.12. The lowest BCUT2D eigenvalue weighted by atomic mass is 10.3. The Morgan fingerprint density at radius 2 is 2.09 bits per heavy atom. The lowest BCUT2D eigenvalue weighted by Gasteiger charge is -2.19. The molecule has 1 saturated heterocycles. The van der Waals surface area contributed by atoms with Crippen LogP contribution in [0.15, 0.2) is 4.99 Å². The van der Waals surface area contributed by atoms with Crippen LogP contribution in [-0.2, 0) is 9.84 Å². The first-order chi connectivity index (χ1) is 10.1. The molecular formula is C12H23F3N4O2S. The molecule has 1 fully saturated rings. The molecule has 0 aliphatic carbocycles. The zero-order valence-electron chi connectivity index (χ0n) is 12.8. The number of halogens is 3. The molecule has 0 aromatic heterocycles. The van der Waals surface area contributed by atoms with E-state index < -0.39 is 22.6 Å². The van der Waals surface area contributed by atoms with Gasteiger partial charge in [-0.25, -0.2) is 8.42 Å². The number of hydrogen-bond acceptors (Lipinski definition) is 4. The second-order valence-electron chi connectivity index (χ2n) is 5.22. The van der Waals surface area contributed by atoms with E-state index in [0.717, 1.165) is 0 Å². The van der Waals surface area contributed by atoms with Crippen LogP contribution in [0.1, 0.15) is 13.3 Å². The van der Waals surface area contributed by atoms with E-state index in [-0.39, 0.29) is 30.6 Å². The third kappa shape index (κ3) is 7.30. The van der Waals surface area contributed by atoms with Crippen molar-refractivity contribution in [2.24, 2.45) is 4.99 Å². The summed E-state index contributed by atoms with van der Waals surface area (Å²) in [6.07, 6.45) is -3.60. The molecule has 6 nitrogen and oxygen atoms in total. The van der Waals surface area contributed by atoms with E-state index in [2.05, 4.69) is 15.6 Å². The van der Waals surface area contributed by atoms with Crippen molar-refractivity contribution in [3.63, 3.8) is 0 Å². The van der Waals surface area contributed by atoms with Crippen molar-refractivity contribution < 1.29 is 21.6 Å². The van der Waals surface area contributed by atoms with Gasteiger partial charge in [-0.2, -0.15) is 13.2 Å². The van der Waals surface area contributed by atoms with Gasteiger partial charge in [0.15, 0.2) is 15.8 Å². The second kappa shape index (κ2) is 8.00. The molecule has 1 aliphatic rings. The fraction of sp³-hybridized carbons (Fsp3) is 0.917. The highest BCUT2D eigenvalue weighted by Gasteiger charge is 2.34. The molecule has 1 atom stereocenters. The van der Waals surface area contributed by atoms with Crippen molar-refractivity contribution >= 4 is 15.8 Å². The summed E-state index contributed by atoms with van der Waals surface area (Å²) in [6.45, 7) is 1.54. The predicted molar refractivity (Wildman–Crippen MR) is 79.7 cm³/mol. The number of likely N-dealkylation sites (tertiary alicyclic amines) is 1. The molecule has 0 radical (unpaired) electrons. The van der Waals surface area contributed by atoms with Gasteiger partial charge >= 0.3 is 6.18 Å². The van der Waals surface area contributed by atoms with E-state index in [9.17, 15) is 21.6 Å². The Bertz CT molecular complexity index is 479. The van der Waals surface area contributed by atoms with E-state index >= 15 is 0 Å². The monoisotopic (exact) mass is 344 g/mol. The van der Waals surface area contributed by atoms with Crippen LogP contribution in [0, 0.1) is 0 Å². The van der Waals surface area contributed by atoms with Crippen LogP contribution in [0.4, 0.5) is 13.2 Å². The zero-order valence-corrected chi connectivity index (χ0v) is 13.6. The zero-order chi connectivity index (χ0) is 16.8. The van der Waals surface area contributed by atoms with Gasteiger partial charge in [0, 0.05) is 38.5 Å². The summed E-state index contributed by atoms with van der Waals surface area (Å²) in [7, 11) is -1.52. The maximum atomic E-state index is 12.3. The molecule has 2 N–H and O–H groups in total. The third-order valence-electron chi connectivity index (χ3n) is 3.39. The minimum Gasteiger partial charge on any atom is -0.355 e. The van der Waals surface area contributed by atoms with Crippen LogP contribution in [0.5, 0.6) is 0 Å². The molecule has 1 aliphatic heterocycles. The van der Waals surface area contributed by atoms with Crippen molar-refractivity contribution in [2.75, 3.05) is 44.7 Å². The molecule has 0 spiro atoms.